The molecule has 0 bridgehead atoms. The Morgan fingerprint density at radius 2 is 1.29 bits per heavy atom. The maximum absolute atomic E-state index is 11.9. The summed E-state index contributed by atoms with van der Waals surface area (Å²) in [7, 11) is 0. The molecule has 6 heteroatoms. The molecule has 0 amide bonds. The molecule has 6 atom stereocenters. The number of aliphatic carboxylic acids is 2. The first-order valence-electron chi connectivity index (χ1n) is 7.72. The van der Waals surface area contributed by atoms with Gasteiger partial charge < -0.3 is 19.7 Å². The Morgan fingerprint density at radius 3 is 1.62 bits per heavy atom. The van der Waals surface area contributed by atoms with Crippen LogP contribution in [0.5, 0.6) is 0 Å². The van der Waals surface area contributed by atoms with Crippen LogP contribution < -0.4 is 0 Å². The van der Waals surface area contributed by atoms with E-state index < -0.39 is 22.8 Å². The van der Waals surface area contributed by atoms with E-state index in [1.165, 1.54) is 0 Å². The third kappa shape index (κ3) is 2.07. The van der Waals surface area contributed by atoms with Crippen LogP contribution in [0.25, 0.3) is 0 Å². The number of rotatable bonds is 4. The van der Waals surface area contributed by atoms with Crippen LogP contribution in [-0.4, -0.2) is 46.6 Å². The van der Waals surface area contributed by atoms with Gasteiger partial charge in [-0.3, -0.25) is 9.59 Å². The summed E-state index contributed by atoms with van der Waals surface area (Å²) in [6.45, 7) is 0. The van der Waals surface area contributed by atoms with Crippen LogP contribution in [0.2, 0.25) is 0 Å². The van der Waals surface area contributed by atoms with Gasteiger partial charge in [-0.15, -0.1) is 0 Å². The Bertz CT molecular complexity index is 460. The van der Waals surface area contributed by atoms with E-state index >= 15 is 0 Å². The molecule has 0 aromatic carbocycles. The molecular formula is C15H20O6. The van der Waals surface area contributed by atoms with Crippen molar-refractivity contribution < 1.29 is 29.3 Å². The number of ether oxygens (including phenoxy) is 2. The number of carboxylic acid groups (broad SMARTS) is 2. The molecule has 0 aromatic heterocycles. The topological polar surface area (TPSA) is 99.7 Å². The van der Waals surface area contributed by atoms with E-state index in [9.17, 15) is 19.8 Å². The predicted molar refractivity (Wildman–Crippen MR) is 69.8 cm³/mol. The second kappa shape index (κ2) is 4.20. The third-order valence-electron chi connectivity index (χ3n) is 5.96. The first-order chi connectivity index (χ1) is 9.94. The molecule has 6 nitrogen and oxygen atoms in total. The Labute approximate surface area is 122 Å². The summed E-state index contributed by atoms with van der Waals surface area (Å²) in [6.07, 6.45) is 4.09. The monoisotopic (exact) mass is 296 g/mol. The number of hydrogen-bond acceptors (Lipinski definition) is 4. The van der Waals surface area contributed by atoms with Crippen molar-refractivity contribution in [2.24, 2.45) is 10.8 Å². The Hall–Kier alpha value is -1.14. The van der Waals surface area contributed by atoms with Gasteiger partial charge in [0.25, 0.3) is 0 Å². The van der Waals surface area contributed by atoms with Gasteiger partial charge in [0.1, 0.15) is 0 Å². The van der Waals surface area contributed by atoms with Gasteiger partial charge >= 0.3 is 11.9 Å². The quantitative estimate of drug-likeness (QED) is 0.761. The summed E-state index contributed by atoms with van der Waals surface area (Å²) in [4.78, 5) is 23.8. The van der Waals surface area contributed by atoms with E-state index in [4.69, 9.17) is 9.47 Å². The van der Waals surface area contributed by atoms with Crippen molar-refractivity contribution in [2.75, 3.05) is 0 Å². The number of epoxide rings is 2. The van der Waals surface area contributed by atoms with Crippen molar-refractivity contribution in [1.82, 2.24) is 0 Å². The second-order valence-electron chi connectivity index (χ2n) is 7.26. The highest BCUT2D eigenvalue weighted by Gasteiger charge is 2.61. The van der Waals surface area contributed by atoms with Crippen LogP contribution in [0.3, 0.4) is 0 Å². The molecule has 0 spiro atoms. The molecule has 4 rings (SSSR count). The summed E-state index contributed by atoms with van der Waals surface area (Å²) in [5.74, 6) is -1.73. The zero-order valence-corrected chi connectivity index (χ0v) is 11.8. The zero-order valence-electron chi connectivity index (χ0n) is 11.8. The fourth-order valence-corrected chi connectivity index (χ4v) is 4.55. The summed E-state index contributed by atoms with van der Waals surface area (Å²) in [6, 6.07) is 0. The highest BCUT2D eigenvalue weighted by Crippen LogP contribution is 2.57. The maximum Gasteiger partial charge on any atom is 0.309 e. The maximum atomic E-state index is 11.9. The highest BCUT2D eigenvalue weighted by atomic mass is 16.6. The van der Waals surface area contributed by atoms with E-state index in [1.807, 2.05) is 0 Å². The molecule has 2 heterocycles. The highest BCUT2D eigenvalue weighted by molar-refractivity contribution is 5.79. The lowest BCUT2D eigenvalue weighted by atomic mass is 9.60. The van der Waals surface area contributed by atoms with Gasteiger partial charge in [0.05, 0.1) is 35.2 Å². The molecule has 2 saturated carbocycles. The van der Waals surface area contributed by atoms with E-state index in [-0.39, 0.29) is 30.8 Å². The van der Waals surface area contributed by atoms with Crippen molar-refractivity contribution in [2.45, 2.75) is 69.4 Å². The van der Waals surface area contributed by atoms with Crippen LogP contribution in [0, 0.1) is 10.8 Å². The summed E-state index contributed by atoms with van der Waals surface area (Å²) < 4.78 is 10.9. The lowest BCUT2D eigenvalue weighted by Gasteiger charge is -2.40. The minimum atomic E-state index is -0.947. The Morgan fingerprint density at radius 1 is 0.857 bits per heavy atom. The molecule has 2 saturated heterocycles. The smallest absolute Gasteiger partial charge is 0.309 e. The zero-order chi connectivity index (χ0) is 14.8. The minimum absolute atomic E-state index is 0.0224. The van der Waals surface area contributed by atoms with E-state index in [0.717, 1.165) is 12.8 Å². The SMILES string of the molecule is O=C(O)C1(CC2(C(=O)O)CCC3OC3C2)CCC2OC2C1. The number of fused-ring (bicyclic) bond motifs is 2. The van der Waals surface area contributed by atoms with Gasteiger partial charge in [0.15, 0.2) is 0 Å². The van der Waals surface area contributed by atoms with Crippen LogP contribution in [-0.2, 0) is 19.1 Å². The largest absolute Gasteiger partial charge is 0.481 e. The van der Waals surface area contributed by atoms with Crippen molar-refractivity contribution in [3.8, 4) is 0 Å². The van der Waals surface area contributed by atoms with Crippen molar-refractivity contribution in [1.29, 1.82) is 0 Å². The molecule has 2 N–H and O–H groups in total. The second-order valence-corrected chi connectivity index (χ2v) is 7.26. The molecule has 2 aliphatic carbocycles. The predicted octanol–water partition coefficient (Wildman–Crippen LogP) is 1.42. The van der Waals surface area contributed by atoms with Crippen LogP contribution in [0.1, 0.15) is 44.9 Å². The fourth-order valence-electron chi connectivity index (χ4n) is 4.55. The first kappa shape index (κ1) is 13.5. The first-order valence-corrected chi connectivity index (χ1v) is 7.72. The van der Waals surface area contributed by atoms with E-state index in [1.54, 1.807) is 0 Å². The number of hydrogen-bond donors (Lipinski definition) is 2. The fraction of sp³-hybridized carbons (Fsp3) is 0.867. The molecule has 21 heavy (non-hydrogen) atoms. The van der Waals surface area contributed by atoms with Crippen molar-refractivity contribution in [3.05, 3.63) is 0 Å². The lowest BCUT2D eigenvalue weighted by molar-refractivity contribution is -0.161. The van der Waals surface area contributed by atoms with Crippen LogP contribution in [0.4, 0.5) is 0 Å². The van der Waals surface area contributed by atoms with Crippen LogP contribution in [0.15, 0.2) is 0 Å². The van der Waals surface area contributed by atoms with Gasteiger partial charge in [0.2, 0.25) is 0 Å². The van der Waals surface area contributed by atoms with E-state index in [2.05, 4.69) is 0 Å². The van der Waals surface area contributed by atoms with E-state index in [0.29, 0.717) is 25.7 Å². The molecular weight excluding hydrogens is 276 g/mol. The van der Waals surface area contributed by atoms with Crippen molar-refractivity contribution in [3.63, 3.8) is 0 Å². The summed E-state index contributed by atoms with van der Waals surface area (Å²) >= 11 is 0. The Kier molecular flexibility index (Phi) is 2.70. The normalized spacial score (nSPS) is 50.7. The lowest BCUT2D eigenvalue weighted by Crippen LogP contribution is -2.46. The number of carbonyl (C=O) groups is 2. The molecule has 4 aliphatic rings. The van der Waals surface area contributed by atoms with Crippen LogP contribution >= 0.6 is 0 Å². The minimum Gasteiger partial charge on any atom is -0.481 e. The molecule has 116 valence electrons. The molecule has 4 fully saturated rings. The van der Waals surface area contributed by atoms with Gasteiger partial charge in [0, 0.05) is 0 Å². The molecule has 0 aromatic rings. The number of carboxylic acids is 2. The molecule has 0 radical (unpaired) electrons. The molecule has 2 aliphatic heterocycles. The van der Waals surface area contributed by atoms with Gasteiger partial charge in [-0.1, -0.05) is 0 Å². The van der Waals surface area contributed by atoms with Gasteiger partial charge in [-0.25, -0.2) is 0 Å². The summed E-state index contributed by atoms with van der Waals surface area (Å²) in [5.41, 5.74) is -1.89. The molecule has 6 unspecified atom stereocenters. The third-order valence-corrected chi connectivity index (χ3v) is 5.96. The average Bonchev–Trinajstić information content (AvgIpc) is 3.32. The summed E-state index contributed by atoms with van der Waals surface area (Å²) in [5, 5.41) is 19.5. The average molecular weight is 296 g/mol. The standard InChI is InChI=1S/C15H20O6/c16-12(17)14(3-1-8-10(5-14)20-8)7-15(13(18)19)4-2-9-11(6-15)21-9/h8-11H,1-7H2,(H,16,17)(H,18,19). The van der Waals surface area contributed by atoms with Gasteiger partial charge in [-0.05, 0) is 44.9 Å². The van der Waals surface area contributed by atoms with Crippen molar-refractivity contribution >= 4 is 11.9 Å². The van der Waals surface area contributed by atoms with Gasteiger partial charge in [-0.2, -0.15) is 0 Å². The Balaban J connectivity index is 1.60.